The predicted molar refractivity (Wildman–Crippen MR) is 60.4 cm³/mol. The molecule has 1 aliphatic carbocycles. The lowest BCUT2D eigenvalue weighted by Crippen LogP contribution is -2.28. The van der Waals surface area contributed by atoms with E-state index in [2.05, 4.69) is 0 Å². The molecule has 0 saturated heterocycles. The smallest absolute Gasteiger partial charge is 0.335 e. The molecular formula is C13H16O3. The van der Waals surface area contributed by atoms with Crippen molar-refractivity contribution in [2.45, 2.75) is 37.7 Å². The first kappa shape index (κ1) is 11.1. The summed E-state index contributed by atoms with van der Waals surface area (Å²) in [4.78, 5) is 10.7. The van der Waals surface area contributed by atoms with Gasteiger partial charge in [0.1, 0.15) is 0 Å². The average molecular weight is 220 g/mol. The summed E-state index contributed by atoms with van der Waals surface area (Å²) >= 11 is 0. The Bertz CT molecular complexity index is 375. The second kappa shape index (κ2) is 4.26. The van der Waals surface area contributed by atoms with Gasteiger partial charge < -0.3 is 10.2 Å². The van der Waals surface area contributed by atoms with E-state index in [0.717, 1.165) is 31.2 Å². The topological polar surface area (TPSA) is 57.5 Å². The van der Waals surface area contributed by atoms with E-state index in [9.17, 15) is 9.90 Å². The number of aliphatic hydroxyl groups is 1. The third kappa shape index (κ3) is 2.09. The minimum absolute atomic E-state index is 0.267. The van der Waals surface area contributed by atoms with Crippen LogP contribution in [0, 0.1) is 0 Å². The maximum atomic E-state index is 10.7. The van der Waals surface area contributed by atoms with E-state index < -0.39 is 11.6 Å². The minimum atomic E-state index is -0.929. The van der Waals surface area contributed by atoms with Gasteiger partial charge in [0.15, 0.2) is 0 Å². The SMILES string of the molecule is O=C(O)c1ccc(C2(O)CCCCC2)cc1. The molecule has 86 valence electrons. The van der Waals surface area contributed by atoms with Crippen LogP contribution in [-0.4, -0.2) is 16.2 Å². The average Bonchev–Trinajstić information content (AvgIpc) is 2.30. The minimum Gasteiger partial charge on any atom is -0.478 e. The lowest BCUT2D eigenvalue weighted by Gasteiger charge is -2.32. The van der Waals surface area contributed by atoms with Gasteiger partial charge in [-0.2, -0.15) is 0 Å². The van der Waals surface area contributed by atoms with Crippen LogP contribution in [-0.2, 0) is 5.60 Å². The molecule has 2 N–H and O–H groups in total. The van der Waals surface area contributed by atoms with Crippen molar-refractivity contribution in [2.75, 3.05) is 0 Å². The van der Waals surface area contributed by atoms with Crippen LogP contribution in [0.3, 0.4) is 0 Å². The summed E-state index contributed by atoms with van der Waals surface area (Å²) in [5.41, 5.74) is 0.371. The normalized spacial score (nSPS) is 19.3. The van der Waals surface area contributed by atoms with Crippen molar-refractivity contribution in [2.24, 2.45) is 0 Å². The first-order valence-electron chi connectivity index (χ1n) is 5.68. The van der Waals surface area contributed by atoms with Gasteiger partial charge in [-0.3, -0.25) is 0 Å². The number of carboxylic acid groups (broad SMARTS) is 1. The van der Waals surface area contributed by atoms with Crippen molar-refractivity contribution in [1.82, 2.24) is 0 Å². The molecule has 0 spiro atoms. The van der Waals surface area contributed by atoms with Crippen LogP contribution in [0.1, 0.15) is 48.0 Å². The van der Waals surface area contributed by atoms with Crippen molar-refractivity contribution >= 4 is 5.97 Å². The van der Waals surface area contributed by atoms with Gasteiger partial charge in [0.25, 0.3) is 0 Å². The maximum Gasteiger partial charge on any atom is 0.335 e. The Morgan fingerprint density at radius 3 is 2.12 bits per heavy atom. The van der Waals surface area contributed by atoms with E-state index in [1.807, 2.05) is 0 Å². The molecule has 1 aromatic carbocycles. The van der Waals surface area contributed by atoms with Crippen molar-refractivity contribution < 1.29 is 15.0 Å². The Balaban J connectivity index is 2.23. The summed E-state index contributed by atoms with van der Waals surface area (Å²) < 4.78 is 0. The van der Waals surface area contributed by atoms with Crippen molar-refractivity contribution in [3.8, 4) is 0 Å². The second-order valence-corrected chi connectivity index (χ2v) is 4.47. The van der Waals surface area contributed by atoms with E-state index in [-0.39, 0.29) is 5.56 Å². The summed E-state index contributed by atoms with van der Waals surface area (Å²) in [5, 5.41) is 19.2. The molecule has 2 rings (SSSR count). The molecule has 0 amide bonds. The first-order valence-corrected chi connectivity index (χ1v) is 5.68. The highest BCUT2D eigenvalue weighted by atomic mass is 16.4. The molecular weight excluding hydrogens is 204 g/mol. The molecule has 1 aromatic rings. The van der Waals surface area contributed by atoms with Crippen LogP contribution in [0.25, 0.3) is 0 Å². The van der Waals surface area contributed by atoms with Crippen molar-refractivity contribution in [3.05, 3.63) is 35.4 Å². The van der Waals surface area contributed by atoms with E-state index >= 15 is 0 Å². The highest BCUT2D eigenvalue weighted by Gasteiger charge is 2.30. The van der Waals surface area contributed by atoms with Gasteiger partial charge in [-0.1, -0.05) is 31.4 Å². The summed E-state index contributed by atoms with van der Waals surface area (Å²) in [5.74, 6) is -0.929. The monoisotopic (exact) mass is 220 g/mol. The number of carbonyl (C=O) groups is 1. The fourth-order valence-electron chi connectivity index (χ4n) is 2.35. The standard InChI is InChI=1S/C13H16O3/c14-12(15)10-4-6-11(7-5-10)13(16)8-2-1-3-9-13/h4-7,16H,1-3,8-9H2,(H,14,15). The predicted octanol–water partition coefficient (Wildman–Crippen LogP) is 2.54. The van der Waals surface area contributed by atoms with Gasteiger partial charge in [-0.25, -0.2) is 4.79 Å². The highest BCUT2D eigenvalue weighted by Crippen LogP contribution is 2.36. The summed E-state index contributed by atoms with van der Waals surface area (Å²) in [7, 11) is 0. The zero-order valence-electron chi connectivity index (χ0n) is 9.15. The zero-order valence-corrected chi connectivity index (χ0v) is 9.15. The second-order valence-electron chi connectivity index (χ2n) is 4.47. The number of aromatic carboxylic acids is 1. The zero-order chi connectivity index (χ0) is 11.6. The summed E-state index contributed by atoms with van der Waals surface area (Å²) in [6.45, 7) is 0. The number of hydrogen-bond acceptors (Lipinski definition) is 2. The molecule has 3 heteroatoms. The van der Waals surface area contributed by atoms with Gasteiger partial charge in [0.2, 0.25) is 0 Å². The van der Waals surface area contributed by atoms with Crippen LogP contribution in [0.15, 0.2) is 24.3 Å². The van der Waals surface area contributed by atoms with Crippen LogP contribution >= 0.6 is 0 Å². The Labute approximate surface area is 94.7 Å². The van der Waals surface area contributed by atoms with Gasteiger partial charge in [-0.05, 0) is 30.5 Å². The Morgan fingerprint density at radius 1 is 1.06 bits per heavy atom. The van der Waals surface area contributed by atoms with Crippen molar-refractivity contribution in [1.29, 1.82) is 0 Å². The van der Waals surface area contributed by atoms with Gasteiger partial charge in [0, 0.05) is 0 Å². The number of benzene rings is 1. The van der Waals surface area contributed by atoms with E-state index in [0.29, 0.717) is 0 Å². The molecule has 1 fully saturated rings. The quantitative estimate of drug-likeness (QED) is 0.805. The number of hydrogen-bond donors (Lipinski definition) is 2. The molecule has 0 radical (unpaired) electrons. The Kier molecular flexibility index (Phi) is 2.97. The van der Waals surface area contributed by atoms with Gasteiger partial charge in [-0.15, -0.1) is 0 Å². The third-order valence-electron chi connectivity index (χ3n) is 3.35. The lowest BCUT2D eigenvalue weighted by molar-refractivity contribution is -0.000670. The molecule has 0 unspecified atom stereocenters. The molecule has 16 heavy (non-hydrogen) atoms. The van der Waals surface area contributed by atoms with Crippen LogP contribution in [0.5, 0.6) is 0 Å². The molecule has 3 nitrogen and oxygen atoms in total. The van der Waals surface area contributed by atoms with Crippen LogP contribution < -0.4 is 0 Å². The molecule has 1 saturated carbocycles. The Morgan fingerprint density at radius 2 is 1.62 bits per heavy atom. The molecule has 0 aliphatic heterocycles. The summed E-state index contributed by atoms with van der Waals surface area (Å²) in [6, 6.07) is 6.58. The van der Waals surface area contributed by atoms with Gasteiger partial charge in [0.05, 0.1) is 11.2 Å². The number of rotatable bonds is 2. The van der Waals surface area contributed by atoms with E-state index in [1.54, 1.807) is 24.3 Å². The lowest BCUT2D eigenvalue weighted by atomic mass is 9.79. The molecule has 0 heterocycles. The fourth-order valence-corrected chi connectivity index (χ4v) is 2.35. The molecule has 0 atom stereocenters. The first-order chi connectivity index (χ1) is 7.62. The third-order valence-corrected chi connectivity index (χ3v) is 3.35. The number of carboxylic acids is 1. The largest absolute Gasteiger partial charge is 0.478 e. The van der Waals surface area contributed by atoms with E-state index in [4.69, 9.17) is 5.11 Å². The fraction of sp³-hybridized carbons (Fsp3) is 0.462. The van der Waals surface area contributed by atoms with Gasteiger partial charge >= 0.3 is 5.97 Å². The highest BCUT2D eigenvalue weighted by molar-refractivity contribution is 5.87. The van der Waals surface area contributed by atoms with Crippen molar-refractivity contribution in [3.63, 3.8) is 0 Å². The Hall–Kier alpha value is -1.35. The molecule has 0 aromatic heterocycles. The summed E-state index contributed by atoms with van der Waals surface area (Å²) in [6.07, 6.45) is 4.81. The van der Waals surface area contributed by atoms with E-state index in [1.165, 1.54) is 6.42 Å². The van der Waals surface area contributed by atoms with Crippen LogP contribution in [0.4, 0.5) is 0 Å². The maximum absolute atomic E-state index is 10.7. The molecule has 1 aliphatic rings. The van der Waals surface area contributed by atoms with Crippen LogP contribution in [0.2, 0.25) is 0 Å². The molecule has 0 bridgehead atoms.